The summed E-state index contributed by atoms with van der Waals surface area (Å²) in [5.74, 6) is 1.18. The summed E-state index contributed by atoms with van der Waals surface area (Å²) in [6.45, 7) is 3.73. The number of nitro groups is 1. The van der Waals surface area contributed by atoms with Crippen molar-refractivity contribution in [3.63, 3.8) is 0 Å². The third kappa shape index (κ3) is 3.52. The molecular formula is C17H17N5O3S. The maximum Gasteiger partial charge on any atom is 0.272 e. The van der Waals surface area contributed by atoms with Gasteiger partial charge in [0.05, 0.1) is 12.0 Å². The Morgan fingerprint density at radius 3 is 2.81 bits per heavy atom. The molecule has 0 N–H and O–H groups in total. The summed E-state index contributed by atoms with van der Waals surface area (Å²) < 4.78 is 7.02. The van der Waals surface area contributed by atoms with Gasteiger partial charge in [-0.05, 0) is 47.5 Å². The lowest BCUT2D eigenvalue weighted by Crippen LogP contribution is -2.03. The van der Waals surface area contributed by atoms with E-state index in [9.17, 15) is 10.1 Å². The van der Waals surface area contributed by atoms with Crippen LogP contribution in [0.5, 0.6) is 5.75 Å². The summed E-state index contributed by atoms with van der Waals surface area (Å²) in [6, 6.07) is 10.8. The molecule has 0 aliphatic heterocycles. The van der Waals surface area contributed by atoms with E-state index in [2.05, 4.69) is 15.5 Å². The minimum absolute atomic E-state index is 0.114. The highest BCUT2D eigenvalue weighted by Crippen LogP contribution is 2.30. The highest BCUT2D eigenvalue weighted by molar-refractivity contribution is 7.98. The number of methoxy groups -OCH3 is 1. The van der Waals surface area contributed by atoms with Gasteiger partial charge in [-0.1, -0.05) is 30.0 Å². The van der Waals surface area contributed by atoms with E-state index in [1.807, 2.05) is 31.2 Å². The Kier molecular flexibility index (Phi) is 5.17. The Balaban J connectivity index is 1.89. The fourth-order valence-corrected chi connectivity index (χ4v) is 3.50. The van der Waals surface area contributed by atoms with Gasteiger partial charge < -0.3 is 4.74 Å². The number of tetrazole rings is 1. The molecule has 1 heterocycles. The Hall–Kier alpha value is -2.94. The molecule has 0 spiro atoms. The first-order chi connectivity index (χ1) is 12.5. The number of aryl methyl sites for hydroxylation is 1. The topological polar surface area (TPSA) is 96.0 Å². The fourth-order valence-electron chi connectivity index (χ4n) is 2.55. The molecule has 1 aromatic heterocycles. The van der Waals surface area contributed by atoms with E-state index in [-0.39, 0.29) is 10.6 Å². The van der Waals surface area contributed by atoms with Gasteiger partial charge in [-0.15, -0.1) is 5.10 Å². The number of hydrogen-bond acceptors (Lipinski definition) is 7. The van der Waals surface area contributed by atoms with Crippen molar-refractivity contribution in [1.82, 2.24) is 20.2 Å². The van der Waals surface area contributed by atoms with Gasteiger partial charge >= 0.3 is 0 Å². The molecule has 2 aromatic carbocycles. The van der Waals surface area contributed by atoms with E-state index in [4.69, 9.17) is 4.74 Å². The smallest absolute Gasteiger partial charge is 0.272 e. The third-order valence-electron chi connectivity index (χ3n) is 3.97. The summed E-state index contributed by atoms with van der Waals surface area (Å²) >= 11 is 1.41. The first-order valence-corrected chi connectivity index (χ1v) is 8.79. The molecule has 0 saturated carbocycles. The van der Waals surface area contributed by atoms with Crippen molar-refractivity contribution in [1.29, 1.82) is 0 Å². The maximum absolute atomic E-state index is 11.1. The lowest BCUT2D eigenvalue weighted by molar-refractivity contribution is -0.385. The molecular weight excluding hydrogens is 354 g/mol. The van der Waals surface area contributed by atoms with Crippen molar-refractivity contribution < 1.29 is 9.66 Å². The van der Waals surface area contributed by atoms with E-state index in [1.165, 1.54) is 17.8 Å². The minimum atomic E-state index is -0.370. The zero-order valence-corrected chi connectivity index (χ0v) is 15.4. The average molecular weight is 371 g/mol. The van der Waals surface area contributed by atoms with Crippen LogP contribution in [0, 0.1) is 24.0 Å². The summed E-state index contributed by atoms with van der Waals surface area (Å²) in [4.78, 5) is 10.7. The molecule has 0 atom stereocenters. The van der Waals surface area contributed by atoms with Gasteiger partial charge in [-0.2, -0.15) is 4.68 Å². The van der Waals surface area contributed by atoms with Gasteiger partial charge in [0.15, 0.2) is 0 Å². The van der Waals surface area contributed by atoms with E-state index in [0.717, 1.165) is 16.8 Å². The number of nitro benzene ring substituents is 1. The summed E-state index contributed by atoms with van der Waals surface area (Å²) in [5.41, 5.74) is 3.44. The number of thioether (sulfide) groups is 1. The third-order valence-corrected chi connectivity index (χ3v) is 4.94. The molecule has 0 unspecified atom stereocenters. The van der Waals surface area contributed by atoms with Crippen molar-refractivity contribution in [3.8, 4) is 11.4 Å². The SMILES string of the molecule is COc1ccc(C)cc1-n1nnnc1SCc1cccc([N+](=O)[O-])c1C. The number of ether oxygens (including phenoxy) is 1. The van der Waals surface area contributed by atoms with Crippen molar-refractivity contribution in [2.75, 3.05) is 7.11 Å². The fraction of sp³-hybridized carbons (Fsp3) is 0.235. The Morgan fingerprint density at radius 2 is 2.08 bits per heavy atom. The zero-order chi connectivity index (χ0) is 18.7. The van der Waals surface area contributed by atoms with Gasteiger partial charge in [0.25, 0.3) is 5.69 Å². The molecule has 9 heteroatoms. The lowest BCUT2D eigenvalue weighted by atomic mass is 10.1. The summed E-state index contributed by atoms with van der Waals surface area (Å²) in [6.07, 6.45) is 0. The molecule has 0 aliphatic rings. The normalized spacial score (nSPS) is 10.7. The molecule has 3 rings (SSSR count). The van der Waals surface area contributed by atoms with E-state index < -0.39 is 0 Å². The van der Waals surface area contributed by atoms with Gasteiger partial charge in [0.1, 0.15) is 11.4 Å². The number of hydrogen-bond donors (Lipinski definition) is 0. The van der Waals surface area contributed by atoms with E-state index in [0.29, 0.717) is 22.2 Å². The number of aromatic nitrogens is 4. The number of rotatable bonds is 6. The lowest BCUT2D eigenvalue weighted by Gasteiger charge is -2.10. The Morgan fingerprint density at radius 1 is 1.27 bits per heavy atom. The van der Waals surface area contributed by atoms with Gasteiger partial charge in [-0.25, -0.2) is 0 Å². The first-order valence-electron chi connectivity index (χ1n) is 7.80. The maximum atomic E-state index is 11.1. The van der Waals surface area contributed by atoms with Crippen LogP contribution < -0.4 is 4.74 Å². The van der Waals surface area contributed by atoms with Gasteiger partial charge in [0, 0.05) is 17.4 Å². The van der Waals surface area contributed by atoms with Crippen molar-refractivity contribution in [2.45, 2.75) is 24.8 Å². The van der Waals surface area contributed by atoms with Gasteiger partial charge in [0.2, 0.25) is 5.16 Å². The number of benzene rings is 2. The molecule has 0 bridgehead atoms. The molecule has 0 saturated heterocycles. The molecule has 0 aliphatic carbocycles. The summed E-state index contributed by atoms with van der Waals surface area (Å²) in [7, 11) is 1.60. The zero-order valence-electron chi connectivity index (χ0n) is 14.5. The first kappa shape index (κ1) is 17.9. The summed E-state index contributed by atoms with van der Waals surface area (Å²) in [5, 5.41) is 23.6. The monoisotopic (exact) mass is 371 g/mol. The predicted octanol–water partition coefficient (Wildman–Crippen LogP) is 3.49. The van der Waals surface area contributed by atoms with Crippen molar-refractivity contribution in [3.05, 3.63) is 63.2 Å². The standard InChI is InChI=1S/C17H17N5O3S/c1-11-7-8-16(25-3)15(9-11)21-17(18-19-20-21)26-10-13-5-4-6-14(12(13)2)22(23)24/h4-9H,10H2,1-3H3. The Bertz CT molecular complexity index is 957. The molecule has 134 valence electrons. The van der Waals surface area contributed by atoms with Crippen LogP contribution in [0.15, 0.2) is 41.6 Å². The van der Waals surface area contributed by atoms with Crippen LogP contribution in [-0.4, -0.2) is 32.2 Å². The molecule has 8 nitrogen and oxygen atoms in total. The highest BCUT2D eigenvalue weighted by Gasteiger charge is 2.17. The number of nitrogens with zero attached hydrogens (tertiary/aromatic N) is 5. The van der Waals surface area contributed by atoms with E-state index >= 15 is 0 Å². The molecule has 0 fully saturated rings. The largest absolute Gasteiger partial charge is 0.494 e. The molecule has 0 radical (unpaired) electrons. The Labute approximate surface area is 154 Å². The quantitative estimate of drug-likeness (QED) is 0.372. The van der Waals surface area contributed by atoms with Crippen LogP contribution in [0.2, 0.25) is 0 Å². The second-order valence-corrected chi connectivity index (χ2v) is 6.60. The second kappa shape index (κ2) is 7.52. The van der Waals surface area contributed by atoms with Crippen LogP contribution in [0.1, 0.15) is 16.7 Å². The predicted molar refractivity (Wildman–Crippen MR) is 97.8 cm³/mol. The van der Waals surface area contributed by atoms with Crippen LogP contribution in [-0.2, 0) is 5.75 Å². The molecule has 26 heavy (non-hydrogen) atoms. The van der Waals surface area contributed by atoms with Crippen molar-refractivity contribution >= 4 is 17.4 Å². The van der Waals surface area contributed by atoms with E-state index in [1.54, 1.807) is 24.8 Å². The average Bonchev–Trinajstić information content (AvgIpc) is 3.09. The molecule has 3 aromatic rings. The van der Waals surface area contributed by atoms with Crippen molar-refractivity contribution in [2.24, 2.45) is 0 Å². The van der Waals surface area contributed by atoms with Crippen LogP contribution in [0.3, 0.4) is 0 Å². The van der Waals surface area contributed by atoms with Crippen LogP contribution in [0.4, 0.5) is 5.69 Å². The highest BCUT2D eigenvalue weighted by atomic mass is 32.2. The van der Waals surface area contributed by atoms with Crippen LogP contribution >= 0.6 is 11.8 Å². The molecule has 0 amide bonds. The van der Waals surface area contributed by atoms with Gasteiger partial charge in [-0.3, -0.25) is 10.1 Å². The second-order valence-electron chi connectivity index (χ2n) is 5.66. The van der Waals surface area contributed by atoms with Crippen LogP contribution in [0.25, 0.3) is 5.69 Å². The minimum Gasteiger partial charge on any atom is -0.494 e.